The number of hydrogen-bond donors (Lipinski definition) is 1. The number of rotatable bonds is 6. The third-order valence-corrected chi connectivity index (χ3v) is 3.14. The highest BCUT2D eigenvalue weighted by atomic mass is 35.5. The van der Waals surface area contributed by atoms with Gasteiger partial charge in [-0.1, -0.05) is 12.1 Å². The van der Waals surface area contributed by atoms with Crippen LogP contribution in [0.1, 0.15) is 12.0 Å². The number of alkyl halides is 1. The van der Waals surface area contributed by atoms with Crippen molar-refractivity contribution in [2.24, 2.45) is 0 Å². The van der Waals surface area contributed by atoms with Gasteiger partial charge in [0.05, 0.1) is 14.2 Å². The lowest BCUT2D eigenvalue weighted by molar-refractivity contribution is -0.140. The van der Waals surface area contributed by atoms with Crippen molar-refractivity contribution < 1.29 is 19.4 Å². The van der Waals surface area contributed by atoms with Crippen molar-refractivity contribution in [2.75, 3.05) is 14.2 Å². The third kappa shape index (κ3) is 2.59. The lowest BCUT2D eigenvalue weighted by Gasteiger charge is -2.22. The van der Waals surface area contributed by atoms with Crippen LogP contribution in [0.3, 0.4) is 0 Å². The van der Waals surface area contributed by atoms with Crippen molar-refractivity contribution >= 4 is 17.6 Å². The highest BCUT2D eigenvalue weighted by molar-refractivity contribution is 6.33. The zero-order valence-corrected chi connectivity index (χ0v) is 11.0. The first-order valence-electron chi connectivity index (χ1n) is 5.25. The van der Waals surface area contributed by atoms with E-state index in [1.54, 1.807) is 18.2 Å². The molecule has 5 heteroatoms. The van der Waals surface area contributed by atoms with Crippen molar-refractivity contribution in [1.82, 2.24) is 0 Å². The van der Waals surface area contributed by atoms with Gasteiger partial charge >= 0.3 is 5.97 Å². The van der Waals surface area contributed by atoms with E-state index in [1.807, 2.05) is 0 Å². The first-order chi connectivity index (χ1) is 8.49. The number of allylic oxidation sites excluding steroid dienone is 1. The molecule has 1 unspecified atom stereocenters. The smallest absolute Gasteiger partial charge is 0.329 e. The number of hydrogen-bond acceptors (Lipinski definition) is 3. The van der Waals surface area contributed by atoms with Crippen LogP contribution < -0.4 is 9.47 Å². The van der Waals surface area contributed by atoms with Gasteiger partial charge in [0.25, 0.3) is 0 Å². The van der Waals surface area contributed by atoms with Crippen LogP contribution in [0.5, 0.6) is 11.5 Å². The summed E-state index contributed by atoms with van der Waals surface area (Å²) in [5.41, 5.74) is 0.425. The minimum absolute atomic E-state index is 0.110. The molecule has 0 aliphatic carbocycles. The van der Waals surface area contributed by atoms with Gasteiger partial charge in [-0.3, -0.25) is 0 Å². The van der Waals surface area contributed by atoms with Crippen LogP contribution in [0, 0.1) is 0 Å². The molecule has 1 aromatic carbocycles. The number of halogens is 1. The Kier molecular flexibility index (Phi) is 4.62. The standard InChI is InChI=1S/C13H15ClO4/c1-4-7-13(14,12(15)16)9-5-6-10(17-2)11(8-9)18-3/h4-6,8H,1,7H2,2-3H3,(H,15,16). The molecule has 0 aromatic heterocycles. The molecule has 0 spiro atoms. The van der Waals surface area contributed by atoms with Gasteiger partial charge < -0.3 is 14.6 Å². The fraction of sp³-hybridized carbons (Fsp3) is 0.308. The molecule has 0 bridgehead atoms. The molecule has 0 amide bonds. The fourth-order valence-corrected chi connectivity index (χ4v) is 1.84. The lowest BCUT2D eigenvalue weighted by Crippen LogP contribution is -2.29. The fourth-order valence-electron chi connectivity index (χ4n) is 1.61. The van der Waals surface area contributed by atoms with E-state index in [9.17, 15) is 9.90 Å². The highest BCUT2D eigenvalue weighted by Crippen LogP contribution is 2.38. The predicted octanol–water partition coefficient (Wildman–Crippen LogP) is 2.80. The topological polar surface area (TPSA) is 55.8 Å². The minimum Gasteiger partial charge on any atom is -0.493 e. The van der Waals surface area contributed by atoms with Crippen LogP contribution in [0.15, 0.2) is 30.9 Å². The number of methoxy groups -OCH3 is 2. The maximum atomic E-state index is 11.3. The Bertz CT molecular complexity index is 458. The normalized spacial score (nSPS) is 13.5. The van der Waals surface area contributed by atoms with E-state index in [0.717, 1.165) is 0 Å². The largest absolute Gasteiger partial charge is 0.493 e. The van der Waals surface area contributed by atoms with Crippen molar-refractivity contribution in [3.05, 3.63) is 36.4 Å². The Labute approximate surface area is 111 Å². The van der Waals surface area contributed by atoms with E-state index < -0.39 is 10.8 Å². The summed E-state index contributed by atoms with van der Waals surface area (Å²) in [4.78, 5) is 9.77. The average Bonchev–Trinajstić information content (AvgIpc) is 2.37. The molecule has 0 radical (unpaired) electrons. The molecule has 18 heavy (non-hydrogen) atoms. The SMILES string of the molecule is C=CCC(Cl)(C(=O)O)c1ccc(OC)c(OC)c1. The summed E-state index contributed by atoms with van der Waals surface area (Å²) in [6, 6.07) is 4.78. The van der Waals surface area contributed by atoms with Gasteiger partial charge in [-0.2, -0.15) is 0 Å². The lowest BCUT2D eigenvalue weighted by atomic mass is 9.94. The second-order valence-electron chi connectivity index (χ2n) is 3.67. The predicted molar refractivity (Wildman–Crippen MR) is 69.5 cm³/mol. The number of aliphatic carboxylic acids is 1. The van der Waals surface area contributed by atoms with Crippen molar-refractivity contribution in [1.29, 1.82) is 0 Å². The zero-order valence-electron chi connectivity index (χ0n) is 10.3. The van der Waals surface area contributed by atoms with Gasteiger partial charge in [0.2, 0.25) is 0 Å². The van der Waals surface area contributed by atoms with Crippen LogP contribution in [0.4, 0.5) is 0 Å². The Morgan fingerprint density at radius 2 is 2.06 bits per heavy atom. The molecule has 0 saturated carbocycles. The summed E-state index contributed by atoms with van der Waals surface area (Å²) in [5, 5.41) is 9.26. The second-order valence-corrected chi connectivity index (χ2v) is 4.31. The van der Waals surface area contributed by atoms with Crippen LogP contribution >= 0.6 is 11.6 Å². The first-order valence-corrected chi connectivity index (χ1v) is 5.63. The molecule has 0 aliphatic rings. The van der Waals surface area contributed by atoms with Crippen LogP contribution in [0.2, 0.25) is 0 Å². The molecule has 0 heterocycles. The molecule has 4 nitrogen and oxygen atoms in total. The molecule has 0 aliphatic heterocycles. The van der Waals surface area contributed by atoms with Crippen LogP contribution in [-0.2, 0) is 9.67 Å². The van der Waals surface area contributed by atoms with E-state index >= 15 is 0 Å². The molecular weight excluding hydrogens is 256 g/mol. The maximum absolute atomic E-state index is 11.3. The van der Waals surface area contributed by atoms with E-state index in [1.165, 1.54) is 20.3 Å². The first kappa shape index (κ1) is 14.4. The summed E-state index contributed by atoms with van der Waals surface area (Å²) in [6.07, 6.45) is 1.58. The van der Waals surface area contributed by atoms with Gasteiger partial charge in [0.1, 0.15) is 0 Å². The van der Waals surface area contributed by atoms with E-state index in [4.69, 9.17) is 21.1 Å². The van der Waals surface area contributed by atoms with Crippen molar-refractivity contribution in [3.8, 4) is 11.5 Å². The average molecular weight is 271 g/mol. The number of carboxylic acids is 1. The summed E-state index contributed by atoms with van der Waals surface area (Å²) < 4.78 is 10.2. The summed E-state index contributed by atoms with van der Waals surface area (Å²) in [5.74, 6) is -0.175. The van der Waals surface area contributed by atoms with E-state index in [-0.39, 0.29) is 6.42 Å². The number of carbonyl (C=O) groups is 1. The van der Waals surface area contributed by atoms with Crippen molar-refractivity contribution in [2.45, 2.75) is 11.3 Å². The van der Waals surface area contributed by atoms with Gasteiger partial charge in [-0.15, -0.1) is 18.2 Å². The Hall–Kier alpha value is -1.68. The second kappa shape index (κ2) is 5.78. The molecule has 1 N–H and O–H groups in total. The van der Waals surface area contributed by atoms with Gasteiger partial charge in [0.15, 0.2) is 16.4 Å². The summed E-state index contributed by atoms with van der Waals surface area (Å²) in [6.45, 7) is 3.53. The van der Waals surface area contributed by atoms with E-state index in [2.05, 4.69) is 6.58 Å². The minimum atomic E-state index is -1.54. The Morgan fingerprint density at radius 3 is 2.50 bits per heavy atom. The van der Waals surface area contributed by atoms with Gasteiger partial charge in [-0.05, 0) is 24.1 Å². The quantitative estimate of drug-likeness (QED) is 0.638. The number of carboxylic acid groups (broad SMARTS) is 1. The number of benzene rings is 1. The van der Waals surface area contributed by atoms with Crippen LogP contribution in [-0.4, -0.2) is 25.3 Å². The monoisotopic (exact) mass is 270 g/mol. The number of ether oxygens (including phenoxy) is 2. The zero-order chi connectivity index (χ0) is 13.8. The third-order valence-electron chi connectivity index (χ3n) is 2.61. The molecule has 0 fully saturated rings. The summed E-state index contributed by atoms with van der Waals surface area (Å²) >= 11 is 6.16. The molecule has 98 valence electrons. The van der Waals surface area contributed by atoms with E-state index in [0.29, 0.717) is 17.1 Å². The highest BCUT2D eigenvalue weighted by Gasteiger charge is 2.37. The van der Waals surface area contributed by atoms with Crippen molar-refractivity contribution in [3.63, 3.8) is 0 Å². The summed E-state index contributed by atoms with van der Waals surface area (Å²) in [7, 11) is 2.98. The molecule has 1 aromatic rings. The van der Waals surface area contributed by atoms with Gasteiger partial charge in [-0.25, -0.2) is 4.79 Å². The molecule has 1 rings (SSSR count). The Balaban J connectivity index is 3.30. The van der Waals surface area contributed by atoms with Crippen LogP contribution in [0.25, 0.3) is 0 Å². The molecule has 0 saturated heterocycles. The Morgan fingerprint density at radius 1 is 1.44 bits per heavy atom. The molecule has 1 atom stereocenters. The molecular formula is C13H15ClO4. The maximum Gasteiger partial charge on any atom is 0.329 e. The van der Waals surface area contributed by atoms with Gasteiger partial charge in [0, 0.05) is 0 Å².